The summed E-state index contributed by atoms with van der Waals surface area (Å²) in [6, 6.07) is 15.3. The molecule has 2 aliphatic rings. The molecule has 2 fully saturated rings. The van der Waals surface area contributed by atoms with Crippen molar-refractivity contribution in [1.29, 1.82) is 0 Å². The van der Waals surface area contributed by atoms with Crippen molar-refractivity contribution in [1.82, 2.24) is 4.90 Å². The molecule has 0 saturated carbocycles. The molecule has 0 aliphatic carbocycles. The Kier molecular flexibility index (Phi) is 7.70. The van der Waals surface area contributed by atoms with Gasteiger partial charge in [0.05, 0.1) is 4.90 Å². The second-order valence-corrected chi connectivity index (χ2v) is 11.3. The van der Waals surface area contributed by atoms with Crippen LogP contribution in [-0.2, 0) is 5.75 Å². The Labute approximate surface area is 224 Å². The minimum absolute atomic E-state index is 0.0398. The van der Waals surface area contributed by atoms with E-state index in [9.17, 15) is 22.4 Å². The first kappa shape index (κ1) is 26.6. The summed E-state index contributed by atoms with van der Waals surface area (Å²) < 4.78 is 61.3. The van der Waals surface area contributed by atoms with Gasteiger partial charge in [-0.15, -0.1) is 11.8 Å². The smallest absolute Gasteiger partial charge is 0.254 e. The number of nitrogens with zero attached hydrogens (tertiary/aromatic N) is 1. The molecule has 2 atom stereocenters. The number of halogens is 4. The molecule has 0 aromatic heterocycles. The quantitative estimate of drug-likeness (QED) is 0.173. The van der Waals surface area contributed by atoms with E-state index in [1.165, 1.54) is 5.56 Å². The molecule has 3 nitrogen and oxygen atoms in total. The Bertz CT molecular complexity index is 1290. The van der Waals surface area contributed by atoms with E-state index < -0.39 is 28.2 Å². The summed E-state index contributed by atoms with van der Waals surface area (Å²) in [6.07, 6.45) is 3.51. The normalized spacial score (nSPS) is 20.7. The Morgan fingerprint density at radius 3 is 2.16 bits per heavy atom. The van der Waals surface area contributed by atoms with Crippen LogP contribution in [0.25, 0.3) is 0 Å². The molecule has 2 unspecified atom stereocenters. The van der Waals surface area contributed by atoms with Crippen LogP contribution in [0, 0.1) is 23.3 Å². The second-order valence-electron chi connectivity index (χ2n) is 10.3. The standard InChI is InChI=1S/C30H29F4NO2S/c1-17(2)23-5-3-4-6-26(23)37-22-13-20-11-12-21(14-22)35(20)30(36)19-9-7-18(8-10-19)16-38-29-27(33)24(31)15-25(32)28(29)34/h3-10,15,17,20-22H,11-14,16H2,1-2H3. The highest BCUT2D eigenvalue weighted by atomic mass is 32.2. The third-order valence-electron chi connectivity index (χ3n) is 7.41. The van der Waals surface area contributed by atoms with Crippen LogP contribution in [0.3, 0.4) is 0 Å². The lowest BCUT2D eigenvalue weighted by Gasteiger charge is -2.39. The molecule has 2 saturated heterocycles. The average Bonchev–Trinajstić information content (AvgIpc) is 3.17. The van der Waals surface area contributed by atoms with Gasteiger partial charge in [-0.1, -0.05) is 44.2 Å². The van der Waals surface area contributed by atoms with E-state index in [4.69, 9.17) is 4.74 Å². The summed E-state index contributed by atoms with van der Waals surface area (Å²) in [5.74, 6) is -4.34. The predicted octanol–water partition coefficient (Wildman–Crippen LogP) is 7.87. The van der Waals surface area contributed by atoms with Gasteiger partial charge in [-0.3, -0.25) is 4.79 Å². The SMILES string of the molecule is CC(C)c1ccccc1OC1CC2CCC(C1)N2C(=O)c1ccc(CSc2c(F)c(F)cc(F)c2F)cc1. The molecular weight excluding hydrogens is 514 g/mol. The van der Waals surface area contributed by atoms with Crippen LogP contribution in [0.1, 0.15) is 66.9 Å². The number of para-hydroxylation sites is 1. The first-order chi connectivity index (χ1) is 18.2. The van der Waals surface area contributed by atoms with Gasteiger partial charge in [-0.25, -0.2) is 17.6 Å². The van der Waals surface area contributed by atoms with Gasteiger partial charge in [0.1, 0.15) is 11.9 Å². The monoisotopic (exact) mass is 543 g/mol. The Morgan fingerprint density at radius 1 is 0.947 bits per heavy atom. The molecule has 38 heavy (non-hydrogen) atoms. The molecule has 3 aromatic carbocycles. The van der Waals surface area contributed by atoms with Gasteiger partial charge in [0.15, 0.2) is 23.3 Å². The second kappa shape index (κ2) is 11.0. The maximum absolute atomic E-state index is 13.9. The van der Waals surface area contributed by atoms with Gasteiger partial charge in [0, 0.05) is 42.3 Å². The van der Waals surface area contributed by atoms with Crippen molar-refractivity contribution in [2.45, 2.75) is 74.3 Å². The third kappa shape index (κ3) is 5.28. The van der Waals surface area contributed by atoms with E-state index in [0.717, 1.165) is 31.4 Å². The number of benzene rings is 3. The van der Waals surface area contributed by atoms with Crippen LogP contribution in [0.4, 0.5) is 17.6 Å². The van der Waals surface area contributed by atoms with Crippen molar-refractivity contribution >= 4 is 17.7 Å². The minimum Gasteiger partial charge on any atom is -0.490 e. The number of carbonyl (C=O) groups is 1. The molecule has 0 spiro atoms. The Hall–Kier alpha value is -3.00. The van der Waals surface area contributed by atoms with E-state index in [-0.39, 0.29) is 35.9 Å². The minimum atomic E-state index is -1.43. The number of thioether (sulfide) groups is 1. The number of carbonyl (C=O) groups excluding carboxylic acids is 1. The van der Waals surface area contributed by atoms with Gasteiger partial charge < -0.3 is 9.64 Å². The van der Waals surface area contributed by atoms with Crippen molar-refractivity contribution in [2.75, 3.05) is 0 Å². The maximum atomic E-state index is 13.9. The van der Waals surface area contributed by atoms with E-state index in [0.29, 0.717) is 28.8 Å². The van der Waals surface area contributed by atoms with Gasteiger partial charge in [-0.2, -0.15) is 0 Å². The molecular formula is C30H29F4NO2S. The fraction of sp³-hybridized carbons (Fsp3) is 0.367. The van der Waals surface area contributed by atoms with Crippen LogP contribution in [0.2, 0.25) is 0 Å². The number of ether oxygens (including phenoxy) is 1. The molecule has 0 radical (unpaired) electrons. The average molecular weight is 544 g/mol. The van der Waals surface area contributed by atoms with E-state index >= 15 is 0 Å². The first-order valence-electron chi connectivity index (χ1n) is 12.9. The highest BCUT2D eigenvalue weighted by molar-refractivity contribution is 7.98. The largest absolute Gasteiger partial charge is 0.490 e. The zero-order valence-corrected chi connectivity index (χ0v) is 22.0. The van der Waals surface area contributed by atoms with Crippen LogP contribution < -0.4 is 4.74 Å². The molecule has 0 N–H and O–H groups in total. The molecule has 2 aliphatic heterocycles. The molecule has 2 heterocycles. The molecule has 5 rings (SSSR count). The highest BCUT2D eigenvalue weighted by Crippen LogP contribution is 2.39. The zero-order chi connectivity index (χ0) is 27.0. The van der Waals surface area contributed by atoms with E-state index in [1.54, 1.807) is 24.3 Å². The van der Waals surface area contributed by atoms with Crippen molar-refractivity contribution in [3.8, 4) is 5.75 Å². The number of fused-ring (bicyclic) bond motifs is 2. The fourth-order valence-electron chi connectivity index (χ4n) is 5.53. The van der Waals surface area contributed by atoms with Gasteiger partial charge in [0.25, 0.3) is 5.91 Å². The van der Waals surface area contributed by atoms with Crippen LogP contribution >= 0.6 is 11.8 Å². The van der Waals surface area contributed by atoms with Crippen molar-refractivity contribution < 1.29 is 27.1 Å². The summed E-state index contributed by atoms with van der Waals surface area (Å²) in [4.78, 5) is 14.7. The summed E-state index contributed by atoms with van der Waals surface area (Å²) in [5.41, 5.74) is 2.40. The van der Waals surface area contributed by atoms with E-state index in [1.807, 2.05) is 23.1 Å². The maximum Gasteiger partial charge on any atom is 0.254 e. The number of hydrogen-bond acceptors (Lipinski definition) is 3. The summed E-state index contributed by atoms with van der Waals surface area (Å²) in [6.45, 7) is 4.30. The van der Waals surface area contributed by atoms with E-state index in [2.05, 4.69) is 19.9 Å². The molecule has 3 aromatic rings. The van der Waals surface area contributed by atoms with Gasteiger partial charge in [0.2, 0.25) is 0 Å². The van der Waals surface area contributed by atoms with Gasteiger partial charge in [-0.05, 0) is 48.1 Å². The lowest BCUT2D eigenvalue weighted by atomic mass is 9.97. The number of rotatable bonds is 7. The van der Waals surface area contributed by atoms with Crippen LogP contribution in [-0.4, -0.2) is 29.0 Å². The Balaban J connectivity index is 1.23. The number of amides is 1. The molecule has 2 bridgehead atoms. The number of hydrogen-bond donors (Lipinski definition) is 0. The van der Waals surface area contributed by atoms with Crippen LogP contribution in [0.15, 0.2) is 59.5 Å². The lowest BCUT2D eigenvalue weighted by Crippen LogP contribution is -2.49. The summed E-state index contributed by atoms with van der Waals surface area (Å²) >= 11 is 0.672. The predicted molar refractivity (Wildman–Crippen MR) is 139 cm³/mol. The van der Waals surface area contributed by atoms with Crippen molar-refractivity contribution in [3.05, 3.63) is 94.6 Å². The Morgan fingerprint density at radius 2 is 1.55 bits per heavy atom. The fourth-order valence-corrected chi connectivity index (χ4v) is 6.48. The number of piperidine rings is 1. The summed E-state index contributed by atoms with van der Waals surface area (Å²) in [7, 11) is 0. The van der Waals surface area contributed by atoms with Crippen LogP contribution in [0.5, 0.6) is 5.75 Å². The molecule has 1 amide bonds. The topological polar surface area (TPSA) is 29.5 Å². The third-order valence-corrected chi connectivity index (χ3v) is 8.54. The summed E-state index contributed by atoms with van der Waals surface area (Å²) in [5, 5.41) is 0. The molecule has 200 valence electrons. The molecule has 8 heteroatoms. The van der Waals surface area contributed by atoms with Gasteiger partial charge >= 0.3 is 0 Å². The lowest BCUT2D eigenvalue weighted by molar-refractivity contribution is 0.0356. The zero-order valence-electron chi connectivity index (χ0n) is 21.2. The van der Waals surface area contributed by atoms with Crippen molar-refractivity contribution in [3.63, 3.8) is 0 Å². The first-order valence-corrected chi connectivity index (χ1v) is 13.8. The highest BCUT2D eigenvalue weighted by Gasteiger charge is 2.44. The van der Waals surface area contributed by atoms with Crippen molar-refractivity contribution in [2.24, 2.45) is 0 Å².